The van der Waals surface area contributed by atoms with E-state index in [1.54, 1.807) is 9.80 Å². The highest BCUT2D eigenvalue weighted by atomic mass is 35.5. The van der Waals surface area contributed by atoms with Gasteiger partial charge in [0.2, 0.25) is 12.5 Å². The second-order valence-corrected chi connectivity index (χ2v) is 12.2. The van der Waals surface area contributed by atoms with E-state index in [0.29, 0.717) is 50.2 Å². The van der Waals surface area contributed by atoms with Crippen LogP contribution >= 0.6 is 11.6 Å². The van der Waals surface area contributed by atoms with Gasteiger partial charge in [-0.15, -0.1) is 0 Å². The quantitative estimate of drug-likeness (QED) is 0.312. The van der Waals surface area contributed by atoms with Gasteiger partial charge in [-0.3, -0.25) is 4.79 Å². The number of piperazine rings is 1. The number of halogens is 4. The van der Waals surface area contributed by atoms with Crippen LogP contribution in [0.4, 0.5) is 24.7 Å². The van der Waals surface area contributed by atoms with E-state index >= 15 is 0 Å². The first-order chi connectivity index (χ1) is 21.0. The molecule has 1 aromatic carbocycles. The number of fused-ring (bicyclic) bond motifs is 1. The molecule has 3 heterocycles. The first-order valence-electron chi connectivity index (χ1n) is 14.8. The lowest BCUT2D eigenvalue weighted by molar-refractivity contribution is -0.137. The zero-order valence-electron chi connectivity index (χ0n) is 25.0. The van der Waals surface area contributed by atoms with Crippen LogP contribution in [-0.2, 0) is 23.9 Å². The average molecular weight is 632 g/mol. The molecule has 1 aliphatic carbocycles. The number of ether oxygens (including phenoxy) is 1. The molecule has 2 aromatic rings. The molecule has 3 atom stereocenters. The zero-order chi connectivity index (χ0) is 31.6. The molecule has 5 rings (SSSR count). The van der Waals surface area contributed by atoms with Gasteiger partial charge in [-0.2, -0.15) is 23.1 Å². The lowest BCUT2D eigenvalue weighted by atomic mass is 9.92. The van der Waals surface area contributed by atoms with Crippen LogP contribution in [0, 0.1) is 6.57 Å². The molecule has 44 heavy (non-hydrogen) atoms. The van der Waals surface area contributed by atoms with Crippen LogP contribution < -0.4 is 14.5 Å². The third-order valence-corrected chi connectivity index (χ3v) is 9.10. The van der Waals surface area contributed by atoms with Crippen LogP contribution in [0.25, 0.3) is 4.85 Å². The summed E-state index contributed by atoms with van der Waals surface area (Å²) in [5.74, 6) is 0.421. The molecule has 236 valence electrons. The molecule has 0 bridgehead atoms. The molecule has 13 heteroatoms. The van der Waals surface area contributed by atoms with Crippen molar-refractivity contribution in [3.63, 3.8) is 0 Å². The maximum absolute atomic E-state index is 14.1. The summed E-state index contributed by atoms with van der Waals surface area (Å²) >= 11 is 6.05. The number of hydrogen-bond acceptors (Lipinski definition) is 7. The maximum Gasteiger partial charge on any atom is 0.419 e. The fourth-order valence-electron chi connectivity index (χ4n) is 6.53. The molecule has 0 N–H and O–H groups in total. The molecular formula is C31H37ClF3N7O2. The van der Waals surface area contributed by atoms with Crippen molar-refractivity contribution in [2.45, 2.75) is 63.0 Å². The third-order valence-electron chi connectivity index (χ3n) is 8.78. The number of alkyl halides is 3. The largest absolute Gasteiger partial charge is 0.460 e. The lowest BCUT2D eigenvalue weighted by Crippen LogP contribution is -2.56. The minimum Gasteiger partial charge on any atom is -0.460 e. The van der Waals surface area contributed by atoms with Crippen molar-refractivity contribution in [2.24, 2.45) is 0 Å². The Morgan fingerprint density at radius 1 is 1.23 bits per heavy atom. The highest BCUT2D eigenvalue weighted by Gasteiger charge is 2.39. The van der Waals surface area contributed by atoms with Crippen molar-refractivity contribution in [1.82, 2.24) is 19.8 Å². The predicted octanol–water partition coefficient (Wildman–Crippen LogP) is 5.09. The van der Waals surface area contributed by atoms with Gasteiger partial charge in [0.15, 0.2) is 0 Å². The van der Waals surface area contributed by atoms with Crippen LogP contribution in [0.2, 0.25) is 5.02 Å². The van der Waals surface area contributed by atoms with E-state index < -0.39 is 11.7 Å². The second-order valence-electron chi connectivity index (χ2n) is 11.8. The van der Waals surface area contributed by atoms with Crippen molar-refractivity contribution in [1.29, 1.82) is 0 Å². The Hall–Kier alpha value is -3.56. The van der Waals surface area contributed by atoms with E-state index in [-0.39, 0.29) is 47.9 Å². The number of aromatic nitrogens is 2. The SMILES string of the molecule is [C-]#[N+]C[C@H]1CN(c2nc(OC3CCCC(N(C)C)C3)nc3c2CCN(c2cccc(Cl)c2C(F)(F)F)C3)CCN1C(=O)C=C. The van der Waals surface area contributed by atoms with E-state index in [0.717, 1.165) is 31.2 Å². The van der Waals surface area contributed by atoms with Gasteiger partial charge in [-0.1, -0.05) is 24.2 Å². The first kappa shape index (κ1) is 31.9. The van der Waals surface area contributed by atoms with Gasteiger partial charge in [0.25, 0.3) is 0 Å². The number of carbonyl (C=O) groups excluding carboxylic acids is 1. The number of benzene rings is 1. The van der Waals surface area contributed by atoms with Crippen LogP contribution in [-0.4, -0.2) is 90.7 Å². The molecule has 0 radical (unpaired) electrons. The number of anilines is 2. The number of rotatable bonds is 7. The van der Waals surface area contributed by atoms with E-state index in [2.05, 4.69) is 35.3 Å². The minimum atomic E-state index is -4.62. The summed E-state index contributed by atoms with van der Waals surface area (Å²) in [7, 11) is 4.10. The minimum absolute atomic E-state index is 0.00746. The summed E-state index contributed by atoms with van der Waals surface area (Å²) < 4.78 is 48.6. The highest BCUT2D eigenvalue weighted by molar-refractivity contribution is 6.31. The summed E-state index contributed by atoms with van der Waals surface area (Å²) in [5, 5.41) is -0.348. The van der Waals surface area contributed by atoms with Crippen molar-refractivity contribution < 1.29 is 22.7 Å². The van der Waals surface area contributed by atoms with Gasteiger partial charge in [0.05, 0.1) is 28.5 Å². The lowest BCUT2D eigenvalue weighted by Gasteiger charge is -2.41. The van der Waals surface area contributed by atoms with Crippen LogP contribution in [0.5, 0.6) is 6.01 Å². The highest BCUT2D eigenvalue weighted by Crippen LogP contribution is 2.43. The Kier molecular flexibility index (Phi) is 9.56. The van der Waals surface area contributed by atoms with Crippen LogP contribution in [0.15, 0.2) is 30.9 Å². The fourth-order valence-corrected chi connectivity index (χ4v) is 6.80. The molecule has 2 fully saturated rings. The van der Waals surface area contributed by atoms with Crippen molar-refractivity contribution in [2.75, 3.05) is 56.6 Å². The van der Waals surface area contributed by atoms with E-state index in [4.69, 9.17) is 32.9 Å². The first-order valence-corrected chi connectivity index (χ1v) is 15.2. The molecular weight excluding hydrogens is 595 g/mol. The van der Waals surface area contributed by atoms with Crippen molar-refractivity contribution >= 4 is 29.0 Å². The Labute approximate surface area is 261 Å². The Morgan fingerprint density at radius 2 is 2.02 bits per heavy atom. The second kappa shape index (κ2) is 13.2. The van der Waals surface area contributed by atoms with E-state index in [1.165, 1.54) is 24.3 Å². The maximum atomic E-state index is 14.1. The average Bonchev–Trinajstić information content (AvgIpc) is 2.99. The van der Waals surface area contributed by atoms with Crippen molar-refractivity contribution in [3.8, 4) is 6.01 Å². The summed E-state index contributed by atoms with van der Waals surface area (Å²) in [6.07, 6.45) is 0.713. The van der Waals surface area contributed by atoms with Gasteiger partial charge in [-0.25, -0.2) is 6.57 Å². The monoisotopic (exact) mass is 631 g/mol. The van der Waals surface area contributed by atoms with E-state index in [9.17, 15) is 18.0 Å². The molecule has 3 aliphatic rings. The molecule has 2 aliphatic heterocycles. The van der Waals surface area contributed by atoms with Gasteiger partial charge >= 0.3 is 12.2 Å². The standard InChI is InChI=1S/C31H37ClF3N7O2/c1-5-27(43)42-15-14-41(18-21(42)17-36-2)29-23-12-13-40(26-11-7-10-24(32)28(26)31(33,34)35)19-25(23)37-30(38-29)44-22-9-6-8-20(16-22)39(3)4/h5,7,10-11,20-22H,1,6,8-9,12-19H2,3-4H3/t20?,21-,22?/m0/s1. The summed E-state index contributed by atoms with van der Waals surface area (Å²) in [4.78, 5) is 33.3. The molecule has 2 unspecified atom stereocenters. The number of hydrogen-bond donors (Lipinski definition) is 0. The van der Waals surface area contributed by atoms with Gasteiger partial charge in [-0.05, 0) is 64.4 Å². The smallest absolute Gasteiger partial charge is 0.419 e. The third kappa shape index (κ3) is 6.74. The van der Waals surface area contributed by atoms with Crippen molar-refractivity contribution in [3.05, 3.63) is 64.1 Å². The summed E-state index contributed by atoms with van der Waals surface area (Å²) in [5.41, 5.74) is 0.575. The molecule has 1 saturated heterocycles. The number of carbonyl (C=O) groups is 1. The molecule has 9 nitrogen and oxygen atoms in total. The predicted molar refractivity (Wildman–Crippen MR) is 163 cm³/mol. The fraction of sp³-hybridized carbons (Fsp3) is 0.548. The molecule has 0 spiro atoms. The Balaban J connectivity index is 1.51. The molecule has 1 saturated carbocycles. The van der Waals surface area contributed by atoms with Crippen LogP contribution in [0.1, 0.15) is 42.5 Å². The van der Waals surface area contributed by atoms with Gasteiger partial charge in [0.1, 0.15) is 18.0 Å². The Bertz CT molecular complexity index is 1430. The zero-order valence-corrected chi connectivity index (χ0v) is 25.7. The van der Waals surface area contributed by atoms with E-state index in [1.807, 2.05) is 0 Å². The molecule has 1 amide bonds. The number of amides is 1. The number of nitrogens with zero attached hydrogens (tertiary/aromatic N) is 7. The Morgan fingerprint density at radius 3 is 2.73 bits per heavy atom. The summed E-state index contributed by atoms with van der Waals surface area (Å²) in [6, 6.07) is 4.41. The summed E-state index contributed by atoms with van der Waals surface area (Å²) in [6.45, 7) is 12.8. The topological polar surface area (TPSA) is 69.4 Å². The van der Waals surface area contributed by atoms with Gasteiger partial charge in [0, 0.05) is 37.8 Å². The van der Waals surface area contributed by atoms with Gasteiger partial charge < -0.3 is 29.2 Å². The van der Waals surface area contributed by atoms with Crippen LogP contribution in [0.3, 0.4) is 0 Å². The molecule has 1 aromatic heterocycles. The normalized spacial score (nSPS) is 22.4.